The van der Waals surface area contributed by atoms with Crippen LogP contribution in [0.15, 0.2) is 29.4 Å². The summed E-state index contributed by atoms with van der Waals surface area (Å²) < 4.78 is 17.3. The second-order valence-corrected chi connectivity index (χ2v) is 7.97. The van der Waals surface area contributed by atoms with Gasteiger partial charge in [-0.25, -0.2) is 0 Å². The van der Waals surface area contributed by atoms with Crippen molar-refractivity contribution in [2.24, 2.45) is 11.1 Å². The molecular formula is C23H31ClN4O4. The van der Waals surface area contributed by atoms with Crippen LogP contribution in [0.1, 0.15) is 38.7 Å². The second kappa shape index (κ2) is 11.8. The number of piperidine rings is 1. The van der Waals surface area contributed by atoms with Gasteiger partial charge >= 0.3 is 0 Å². The van der Waals surface area contributed by atoms with Gasteiger partial charge in [-0.2, -0.15) is 0 Å². The van der Waals surface area contributed by atoms with E-state index in [1.54, 1.807) is 20.3 Å². The topological polar surface area (TPSA) is 78.3 Å². The average molecular weight is 463 g/mol. The Balaban J connectivity index is 1.57. The molecule has 174 valence electrons. The minimum Gasteiger partial charge on any atom is -0.493 e. The largest absolute Gasteiger partial charge is 0.493 e. The van der Waals surface area contributed by atoms with Gasteiger partial charge in [-0.15, -0.1) is 10.2 Å². The van der Waals surface area contributed by atoms with Crippen LogP contribution in [-0.4, -0.2) is 56.4 Å². The molecule has 0 bridgehead atoms. The summed E-state index contributed by atoms with van der Waals surface area (Å²) >= 11 is 5.83. The van der Waals surface area contributed by atoms with E-state index in [0.29, 0.717) is 41.5 Å². The molecule has 1 aromatic carbocycles. The molecule has 32 heavy (non-hydrogen) atoms. The summed E-state index contributed by atoms with van der Waals surface area (Å²) in [6.07, 6.45) is 3.11. The molecule has 1 fully saturated rings. The van der Waals surface area contributed by atoms with E-state index in [1.165, 1.54) is 0 Å². The molecule has 0 aliphatic carbocycles. The Kier molecular flexibility index (Phi) is 8.79. The lowest BCUT2D eigenvalue weighted by atomic mass is 9.94. The number of ether oxygens (including phenoxy) is 3. The average Bonchev–Trinajstić information content (AvgIpc) is 2.83. The van der Waals surface area contributed by atoms with E-state index in [9.17, 15) is 0 Å². The lowest BCUT2D eigenvalue weighted by Crippen LogP contribution is -2.34. The number of hydrogen-bond donors (Lipinski definition) is 0. The lowest BCUT2D eigenvalue weighted by molar-refractivity contribution is 0.159. The Bertz CT molecular complexity index is 874. The van der Waals surface area contributed by atoms with Gasteiger partial charge in [0.1, 0.15) is 6.61 Å². The predicted octanol–water partition coefficient (Wildman–Crippen LogP) is 4.59. The van der Waals surface area contributed by atoms with Crippen LogP contribution in [0.3, 0.4) is 0 Å². The van der Waals surface area contributed by atoms with Gasteiger partial charge in [0.25, 0.3) is 0 Å². The van der Waals surface area contributed by atoms with Crippen molar-refractivity contribution in [1.82, 2.24) is 10.2 Å². The fraction of sp³-hybridized carbons (Fsp3) is 0.522. The summed E-state index contributed by atoms with van der Waals surface area (Å²) in [5.74, 6) is 3.30. The fourth-order valence-electron chi connectivity index (χ4n) is 3.70. The summed E-state index contributed by atoms with van der Waals surface area (Å²) in [4.78, 5) is 7.41. The minimum absolute atomic E-state index is 0.413. The van der Waals surface area contributed by atoms with E-state index < -0.39 is 0 Å². The highest BCUT2D eigenvalue weighted by Crippen LogP contribution is 2.39. The number of aromatic nitrogens is 2. The summed E-state index contributed by atoms with van der Waals surface area (Å²) in [6, 6.07) is 7.48. The van der Waals surface area contributed by atoms with Gasteiger partial charge in [0.2, 0.25) is 5.75 Å². The molecule has 0 atom stereocenters. The smallest absolute Gasteiger partial charge is 0.203 e. The van der Waals surface area contributed by atoms with E-state index in [-0.39, 0.29) is 0 Å². The molecule has 8 nitrogen and oxygen atoms in total. The quantitative estimate of drug-likeness (QED) is 0.377. The maximum absolute atomic E-state index is 6.12. The summed E-state index contributed by atoms with van der Waals surface area (Å²) in [5.41, 5.74) is 1.60. The van der Waals surface area contributed by atoms with Crippen LogP contribution < -0.4 is 19.1 Å². The number of anilines is 1. The third-order valence-electron chi connectivity index (χ3n) is 5.54. The molecule has 1 aliphatic heterocycles. The molecule has 2 heterocycles. The summed E-state index contributed by atoms with van der Waals surface area (Å²) in [6.45, 7) is 6.76. The van der Waals surface area contributed by atoms with Crippen molar-refractivity contribution in [1.29, 1.82) is 0 Å². The molecule has 1 aromatic heterocycles. The molecular weight excluding hydrogens is 432 g/mol. The van der Waals surface area contributed by atoms with Crippen molar-refractivity contribution in [2.45, 2.75) is 33.1 Å². The highest BCUT2D eigenvalue weighted by Gasteiger charge is 2.21. The molecule has 0 saturated carbocycles. The number of benzene rings is 1. The van der Waals surface area contributed by atoms with Crippen molar-refractivity contribution in [2.75, 3.05) is 45.4 Å². The molecule has 0 N–H and O–H groups in total. The first kappa shape index (κ1) is 23.9. The van der Waals surface area contributed by atoms with E-state index in [1.807, 2.05) is 32.0 Å². The first-order chi connectivity index (χ1) is 15.5. The zero-order valence-electron chi connectivity index (χ0n) is 19.1. The maximum atomic E-state index is 6.12. The highest BCUT2D eigenvalue weighted by molar-refractivity contribution is 6.29. The van der Waals surface area contributed by atoms with Crippen LogP contribution in [0.2, 0.25) is 5.15 Å². The van der Waals surface area contributed by atoms with Crippen LogP contribution in [0.25, 0.3) is 0 Å². The Morgan fingerprint density at radius 3 is 2.38 bits per heavy atom. The third-order valence-corrected chi connectivity index (χ3v) is 5.74. The minimum atomic E-state index is 0.413. The van der Waals surface area contributed by atoms with Crippen LogP contribution in [0, 0.1) is 5.92 Å². The first-order valence-electron chi connectivity index (χ1n) is 10.9. The molecule has 1 saturated heterocycles. The number of nitrogens with zero attached hydrogens (tertiary/aromatic N) is 4. The number of methoxy groups -OCH3 is 2. The zero-order chi connectivity index (χ0) is 22.9. The highest BCUT2D eigenvalue weighted by atomic mass is 35.5. The van der Waals surface area contributed by atoms with E-state index in [0.717, 1.165) is 49.4 Å². The summed E-state index contributed by atoms with van der Waals surface area (Å²) in [5, 5.41) is 12.6. The van der Waals surface area contributed by atoms with Crippen LogP contribution in [0.4, 0.5) is 5.82 Å². The molecule has 0 unspecified atom stereocenters. The molecule has 0 amide bonds. The molecule has 3 rings (SSSR count). The van der Waals surface area contributed by atoms with Crippen molar-refractivity contribution in [3.05, 3.63) is 35.0 Å². The van der Waals surface area contributed by atoms with Crippen LogP contribution in [-0.2, 0) is 4.84 Å². The Morgan fingerprint density at radius 2 is 1.81 bits per heavy atom. The standard InChI is InChI=1S/C23H31ClN4O4/c1-5-32-27-16(2)18-14-19(29-3)23(20(15-18)30-4)31-13-10-17-8-11-28(12-9-17)22-7-6-21(24)25-26-22/h6-7,14-15,17H,5,8-13H2,1-4H3/b27-16+. The number of rotatable bonds is 10. The van der Waals surface area contributed by atoms with Gasteiger partial charge in [0.05, 0.1) is 26.5 Å². The van der Waals surface area contributed by atoms with E-state index in [2.05, 4.69) is 20.3 Å². The molecule has 0 radical (unpaired) electrons. The van der Waals surface area contributed by atoms with Gasteiger partial charge in [-0.3, -0.25) is 0 Å². The number of hydrogen-bond acceptors (Lipinski definition) is 8. The number of oxime groups is 1. The normalized spacial score (nSPS) is 14.9. The molecule has 2 aromatic rings. The Labute approximate surface area is 194 Å². The molecule has 9 heteroatoms. The summed E-state index contributed by atoms with van der Waals surface area (Å²) in [7, 11) is 3.24. The SMILES string of the molecule is CCO/N=C(\C)c1cc(OC)c(OCCC2CCN(c3ccc(Cl)nn3)CC2)c(OC)c1. The van der Waals surface area contributed by atoms with Gasteiger partial charge in [0.15, 0.2) is 22.5 Å². The van der Waals surface area contributed by atoms with Crippen molar-refractivity contribution < 1.29 is 19.0 Å². The monoisotopic (exact) mass is 462 g/mol. The molecule has 1 aliphatic rings. The van der Waals surface area contributed by atoms with Gasteiger partial charge in [0, 0.05) is 18.7 Å². The van der Waals surface area contributed by atoms with E-state index >= 15 is 0 Å². The lowest BCUT2D eigenvalue weighted by Gasteiger charge is -2.32. The van der Waals surface area contributed by atoms with Crippen LogP contribution >= 0.6 is 11.6 Å². The zero-order valence-corrected chi connectivity index (χ0v) is 19.9. The fourth-order valence-corrected chi connectivity index (χ4v) is 3.80. The third kappa shape index (κ3) is 6.16. The maximum Gasteiger partial charge on any atom is 0.203 e. The van der Waals surface area contributed by atoms with E-state index in [4.69, 9.17) is 30.6 Å². The van der Waals surface area contributed by atoms with Crippen molar-refractivity contribution in [3.63, 3.8) is 0 Å². The Morgan fingerprint density at radius 1 is 1.12 bits per heavy atom. The van der Waals surface area contributed by atoms with Crippen molar-refractivity contribution in [3.8, 4) is 17.2 Å². The van der Waals surface area contributed by atoms with Gasteiger partial charge < -0.3 is 23.9 Å². The Hall–Kier alpha value is -2.74. The second-order valence-electron chi connectivity index (χ2n) is 7.59. The predicted molar refractivity (Wildman–Crippen MR) is 125 cm³/mol. The van der Waals surface area contributed by atoms with Crippen molar-refractivity contribution >= 4 is 23.1 Å². The van der Waals surface area contributed by atoms with Gasteiger partial charge in [-0.1, -0.05) is 16.8 Å². The number of halogens is 1. The molecule has 0 spiro atoms. The van der Waals surface area contributed by atoms with Crippen LogP contribution in [0.5, 0.6) is 17.2 Å². The first-order valence-corrected chi connectivity index (χ1v) is 11.2. The van der Waals surface area contributed by atoms with Gasteiger partial charge in [-0.05, 0) is 63.3 Å².